The third kappa shape index (κ3) is 4.43. The summed E-state index contributed by atoms with van der Waals surface area (Å²) in [6.45, 7) is 1.60. The van der Waals surface area contributed by atoms with Crippen molar-refractivity contribution in [2.24, 2.45) is 0 Å². The number of ether oxygens (including phenoxy) is 1. The van der Waals surface area contributed by atoms with Crippen molar-refractivity contribution in [2.75, 3.05) is 12.4 Å². The lowest BCUT2D eigenvalue weighted by molar-refractivity contribution is -0.115. The molecule has 0 saturated carbocycles. The maximum Gasteiger partial charge on any atom is 0.237 e. The first-order valence-electron chi connectivity index (χ1n) is 7.96. The molecule has 0 saturated heterocycles. The van der Waals surface area contributed by atoms with E-state index in [9.17, 15) is 13.6 Å². The number of hydrogen-bond acceptors (Lipinski definition) is 5. The normalized spacial score (nSPS) is 11.9. The summed E-state index contributed by atoms with van der Waals surface area (Å²) in [7, 11) is 1.58. The molecular weight excluding hydrogens is 374 g/mol. The summed E-state index contributed by atoms with van der Waals surface area (Å²) < 4.78 is 32.4. The Hall–Kier alpha value is -2.94. The molecule has 2 N–H and O–H groups in total. The average Bonchev–Trinajstić information content (AvgIpc) is 3.13. The Labute approximate surface area is 158 Å². The quantitative estimate of drug-likeness (QED) is 0.625. The number of methoxy groups -OCH3 is 1. The van der Waals surface area contributed by atoms with E-state index in [4.69, 9.17) is 4.74 Å². The van der Waals surface area contributed by atoms with Gasteiger partial charge in [0.1, 0.15) is 23.1 Å². The van der Waals surface area contributed by atoms with Crippen molar-refractivity contribution in [3.8, 4) is 17.1 Å². The van der Waals surface area contributed by atoms with Gasteiger partial charge in [0.2, 0.25) is 11.1 Å². The molecular formula is C18H16F2N4O2S. The summed E-state index contributed by atoms with van der Waals surface area (Å²) in [5, 5.41) is 8.81. The van der Waals surface area contributed by atoms with E-state index < -0.39 is 28.5 Å². The first kappa shape index (κ1) is 18.8. The molecule has 3 aromatic rings. The van der Waals surface area contributed by atoms with Crippen LogP contribution < -0.4 is 10.1 Å². The summed E-state index contributed by atoms with van der Waals surface area (Å²) in [6.07, 6.45) is 0. The number of aromatic amines is 1. The lowest BCUT2D eigenvalue weighted by Crippen LogP contribution is -2.23. The molecule has 9 heteroatoms. The summed E-state index contributed by atoms with van der Waals surface area (Å²) in [5.74, 6) is -0.966. The van der Waals surface area contributed by atoms with Crippen LogP contribution in [0, 0.1) is 11.6 Å². The zero-order valence-corrected chi connectivity index (χ0v) is 15.3. The van der Waals surface area contributed by atoms with Crippen molar-refractivity contribution in [1.29, 1.82) is 0 Å². The molecule has 6 nitrogen and oxygen atoms in total. The molecule has 1 atom stereocenters. The molecule has 1 heterocycles. The Morgan fingerprint density at radius 3 is 2.48 bits per heavy atom. The van der Waals surface area contributed by atoms with Gasteiger partial charge in [0.25, 0.3) is 0 Å². The molecule has 0 radical (unpaired) electrons. The minimum atomic E-state index is -0.833. The Morgan fingerprint density at radius 2 is 1.85 bits per heavy atom. The SMILES string of the molecule is COc1ccc(-c2nc(S[C@H](C)C(=O)Nc3c(F)cccc3F)n[nH]2)cc1. The van der Waals surface area contributed by atoms with E-state index in [0.717, 1.165) is 35.2 Å². The second kappa shape index (κ2) is 8.17. The van der Waals surface area contributed by atoms with E-state index in [1.807, 2.05) is 12.1 Å². The predicted octanol–water partition coefficient (Wildman–Crippen LogP) is 3.88. The number of anilines is 1. The summed E-state index contributed by atoms with van der Waals surface area (Å²) in [5.41, 5.74) is 0.338. The van der Waals surface area contributed by atoms with Crippen LogP contribution in [0.25, 0.3) is 11.4 Å². The molecule has 140 valence electrons. The second-order valence-corrected chi connectivity index (χ2v) is 6.85. The zero-order chi connectivity index (χ0) is 19.4. The molecule has 1 amide bonds. The van der Waals surface area contributed by atoms with Crippen molar-refractivity contribution in [1.82, 2.24) is 15.2 Å². The minimum Gasteiger partial charge on any atom is -0.497 e. The number of thioether (sulfide) groups is 1. The van der Waals surface area contributed by atoms with E-state index in [-0.39, 0.29) is 0 Å². The fraction of sp³-hybridized carbons (Fsp3) is 0.167. The Morgan fingerprint density at radius 1 is 1.19 bits per heavy atom. The van der Waals surface area contributed by atoms with Crippen molar-refractivity contribution in [2.45, 2.75) is 17.3 Å². The first-order valence-corrected chi connectivity index (χ1v) is 8.84. The van der Waals surface area contributed by atoms with Gasteiger partial charge in [0.15, 0.2) is 5.82 Å². The Balaban J connectivity index is 1.66. The fourth-order valence-corrected chi connectivity index (χ4v) is 2.96. The highest BCUT2D eigenvalue weighted by molar-refractivity contribution is 8.00. The monoisotopic (exact) mass is 390 g/mol. The number of H-pyrrole nitrogens is 1. The highest BCUT2D eigenvalue weighted by Gasteiger charge is 2.20. The van der Waals surface area contributed by atoms with Crippen molar-refractivity contribution in [3.63, 3.8) is 0 Å². The molecule has 3 rings (SSSR count). The summed E-state index contributed by atoms with van der Waals surface area (Å²) in [4.78, 5) is 16.6. The molecule has 0 aliphatic rings. The molecule has 27 heavy (non-hydrogen) atoms. The highest BCUT2D eigenvalue weighted by atomic mass is 32.2. The van der Waals surface area contributed by atoms with Gasteiger partial charge in [0.05, 0.1) is 12.4 Å². The number of amides is 1. The van der Waals surface area contributed by atoms with Crippen LogP contribution in [0.4, 0.5) is 14.5 Å². The maximum atomic E-state index is 13.6. The number of benzene rings is 2. The third-order valence-corrected chi connectivity index (χ3v) is 4.65. The van der Waals surface area contributed by atoms with E-state index in [2.05, 4.69) is 20.5 Å². The molecule has 2 aromatic carbocycles. The second-order valence-electron chi connectivity index (χ2n) is 5.54. The van der Waals surface area contributed by atoms with E-state index in [0.29, 0.717) is 11.0 Å². The van der Waals surface area contributed by atoms with E-state index in [1.54, 1.807) is 26.2 Å². The number of halogens is 2. The van der Waals surface area contributed by atoms with Crippen LogP contribution >= 0.6 is 11.8 Å². The van der Waals surface area contributed by atoms with Crippen LogP contribution in [0.2, 0.25) is 0 Å². The van der Waals surface area contributed by atoms with Crippen molar-refractivity contribution in [3.05, 3.63) is 54.1 Å². The Kier molecular flexibility index (Phi) is 5.70. The lowest BCUT2D eigenvalue weighted by atomic mass is 10.2. The van der Waals surface area contributed by atoms with E-state index >= 15 is 0 Å². The maximum absolute atomic E-state index is 13.6. The standard InChI is InChI=1S/C18H16F2N4O2S/c1-10(17(25)21-15-13(19)4-3-5-14(15)20)27-18-22-16(23-24-18)11-6-8-12(26-2)9-7-11/h3-10H,1-2H3,(H,21,25)(H,22,23,24)/t10-/m1/s1. The topological polar surface area (TPSA) is 79.9 Å². The lowest BCUT2D eigenvalue weighted by Gasteiger charge is -2.11. The largest absolute Gasteiger partial charge is 0.497 e. The van der Waals surface area contributed by atoms with Crippen LogP contribution in [0.1, 0.15) is 6.92 Å². The average molecular weight is 390 g/mol. The molecule has 0 aliphatic heterocycles. The smallest absolute Gasteiger partial charge is 0.237 e. The highest BCUT2D eigenvalue weighted by Crippen LogP contribution is 2.25. The molecule has 1 aromatic heterocycles. The number of rotatable bonds is 6. The number of carbonyl (C=O) groups is 1. The van der Waals surface area contributed by atoms with Gasteiger partial charge >= 0.3 is 0 Å². The van der Waals surface area contributed by atoms with Gasteiger partial charge in [-0.1, -0.05) is 17.8 Å². The first-order chi connectivity index (χ1) is 13.0. The van der Waals surface area contributed by atoms with Gasteiger partial charge < -0.3 is 10.1 Å². The Bertz CT molecular complexity index is 927. The van der Waals surface area contributed by atoms with Crippen LogP contribution in [0.5, 0.6) is 5.75 Å². The number of hydrogen-bond donors (Lipinski definition) is 2. The van der Waals surface area contributed by atoms with Gasteiger partial charge in [-0.25, -0.2) is 13.8 Å². The number of nitrogens with one attached hydrogen (secondary N) is 2. The van der Waals surface area contributed by atoms with E-state index in [1.165, 1.54) is 6.07 Å². The number of nitrogens with zero attached hydrogens (tertiary/aromatic N) is 2. The molecule has 0 aliphatic carbocycles. The van der Waals surface area contributed by atoms with Crippen LogP contribution in [0.3, 0.4) is 0 Å². The number of aromatic nitrogens is 3. The predicted molar refractivity (Wildman–Crippen MR) is 98.7 cm³/mol. The van der Waals surface area contributed by atoms with Crippen LogP contribution in [-0.4, -0.2) is 33.4 Å². The van der Waals surface area contributed by atoms with Gasteiger partial charge in [0, 0.05) is 5.56 Å². The van der Waals surface area contributed by atoms with Gasteiger partial charge in [-0.15, -0.1) is 5.10 Å². The van der Waals surface area contributed by atoms with Gasteiger partial charge in [-0.2, -0.15) is 0 Å². The molecule has 0 bridgehead atoms. The van der Waals surface area contributed by atoms with Gasteiger partial charge in [-0.3, -0.25) is 9.89 Å². The van der Waals surface area contributed by atoms with Crippen LogP contribution in [0.15, 0.2) is 47.6 Å². The zero-order valence-electron chi connectivity index (χ0n) is 14.5. The third-order valence-electron chi connectivity index (χ3n) is 3.69. The minimum absolute atomic E-state index is 0.345. The molecule has 0 spiro atoms. The fourth-order valence-electron chi connectivity index (χ4n) is 2.23. The van der Waals surface area contributed by atoms with Crippen molar-refractivity contribution >= 4 is 23.4 Å². The number of para-hydroxylation sites is 1. The number of carbonyl (C=O) groups excluding carboxylic acids is 1. The summed E-state index contributed by atoms with van der Waals surface area (Å²) in [6, 6.07) is 10.6. The van der Waals surface area contributed by atoms with Crippen LogP contribution in [-0.2, 0) is 4.79 Å². The van der Waals surface area contributed by atoms with Crippen molar-refractivity contribution < 1.29 is 18.3 Å². The molecule has 0 unspecified atom stereocenters. The summed E-state index contributed by atoms with van der Waals surface area (Å²) >= 11 is 1.07. The molecule has 0 fully saturated rings. The van der Waals surface area contributed by atoms with Gasteiger partial charge in [-0.05, 0) is 43.3 Å².